The molecule has 1 fully saturated rings. The van der Waals surface area contributed by atoms with E-state index in [1.54, 1.807) is 38.3 Å². The van der Waals surface area contributed by atoms with E-state index in [1.807, 2.05) is 29.2 Å². The van der Waals surface area contributed by atoms with Crippen molar-refractivity contribution in [3.63, 3.8) is 0 Å². The van der Waals surface area contributed by atoms with Crippen LogP contribution >= 0.6 is 0 Å². The first-order chi connectivity index (χ1) is 13.6. The lowest BCUT2D eigenvalue weighted by molar-refractivity contribution is 0.0747. The van der Waals surface area contributed by atoms with Crippen LogP contribution in [0.4, 0.5) is 16.2 Å². The standard InChI is InChI=1S/C21H25N3O4/c1-3-28-21(26)22-17-6-4-16(5-7-17)20(25)24-14-12-23(13-15-24)18-8-10-19(27-2)11-9-18/h4-11H,3,12-15H2,1-2H3,(H,22,26). The molecule has 1 saturated heterocycles. The van der Waals surface area contributed by atoms with Gasteiger partial charge in [-0.2, -0.15) is 0 Å². The Bertz CT molecular complexity index is 797. The molecule has 1 N–H and O–H groups in total. The maximum atomic E-state index is 12.7. The minimum atomic E-state index is -0.503. The summed E-state index contributed by atoms with van der Waals surface area (Å²) in [6, 6.07) is 14.8. The van der Waals surface area contributed by atoms with Crippen LogP contribution in [0.25, 0.3) is 0 Å². The molecule has 0 spiro atoms. The van der Waals surface area contributed by atoms with Crippen molar-refractivity contribution in [3.05, 3.63) is 54.1 Å². The number of nitrogens with zero attached hydrogens (tertiary/aromatic N) is 2. The molecule has 1 heterocycles. The maximum absolute atomic E-state index is 12.7. The predicted molar refractivity (Wildman–Crippen MR) is 108 cm³/mol. The van der Waals surface area contributed by atoms with Gasteiger partial charge in [-0.15, -0.1) is 0 Å². The summed E-state index contributed by atoms with van der Waals surface area (Å²) in [6.07, 6.45) is -0.503. The number of hydrogen-bond acceptors (Lipinski definition) is 5. The van der Waals surface area contributed by atoms with Gasteiger partial charge in [0, 0.05) is 43.1 Å². The Morgan fingerprint density at radius 2 is 1.61 bits per heavy atom. The van der Waals surface area contributed by atoms with Crippen LogP contribution in [0.2, 0.25) is 0 Å². The lowest BCUT2D eigenvalue weighted by Crippen LogP contribution is -2.48. The van der Waals surface area contributed by atoms with Gasteiger partial charge in [0.1, 0.15) is 5.75 Å². The van der Waals surface area contributed by atoms with Crippen molar-refractivity contribution in [1.82, 2.24) is 4.90 Å². The van der Waals surface area contributed by atoms with Crippen LogP contribution in [0.1, 0.15) is 17.3 Å². The second-order valence-corrected chi connectivity index (χ2v) is 6.40. The fourth-order valence-electron chi connectivity index (χ4n) is 3.12. The lowest BCUT2D eigenvalue weighted by Gasteiger charge is -2.36. The van der Waals surface area contributed by atoms with Gasteiger partial charge in [0.2, 0.25) is 0 Å². The van der Waals surface area contributed by atoms with Crippen LogP contribution < -0.4 is 15.0 Å². The number of ether oxygens (including phenoxy) is 2. The number of benzene rings is 2. The number of anilines is 2. The third kappa shape index (κ3) is 4.73. The van der Waals surface area contributed by atoms with Crippen molar-refractivity contribution in [1.29, 1.82) is 0 Å². The Hall–Kier alpha value is -3.22. The Morgan fingerprint density at radius 3 is 2.18 bits per heavy atom. The first-order valence-electron chi connectivity index (χ1n) is 9.33. The maximum Gasteiger partial charge on any atom is 0.411 e. The number of piperazine rings is 1. The largest absolute Gasteiger partial charge is 0.497 e. The van der Waals surface area contributed by atoms with E-state index in [1.165, 1.54) is 0 Å². The van der Waals surface area contributed by atoms with Crippen LogP contribution in [0, 0.1) is 0 Å². The summed E-state index contributed by atoms with van der Waals surface area (Å²) in [6.45, 7) is 4.93. The molecule has 0 unspecified atom stereocenters. The zero-order valence-electron chi connectivity index (χ0n) is 16.2. The number of rotatable bonds is 5. The molecule has 1 aliphatic rings. The highest BCUT2D eigenvalue weighted by atomic mass is 16.5. The van der Waals surface area contributed by atoms with Gasteiger partial charge in [0.25, 0.3) is 5.91 Å². The molecule has 0 bridgehead atoms. The molecule has 0 radical (unpaired) electrons. The predicted octanol–water partition coefficient (Wildman–Crippen LogP) is 3.23. The molecule has 2 amide bonds. The van der Waals surface area contributed by atoms with E-state index in [0.717, 1.165) is 24.5 Å². The molecule has 1 aliphatic heterocycles. The van der Waals surface area contributed by atoms with Crippen molar-refractivity contribution >= 4 is 23.4 Å². The van der Waals surface area contributed by atoms with E-state index in [4.69, 9.17) is 9.47 Å². The number of methoxy groups -OCH3 is 1. The van der Waals surface area contributed by atoms with Crippen molar-refractivity contribution in [2.75, 3.05) is 50.1 Å². The topological polar surface area (TPSA) is 71.1 Å². The first kappa shape index (κ1) is 19.5. The normalized spacial score (nSPS) is 13.8. The van der Waals surface area contributed by atoms with Gasteiger partial charge < -0.3 is 19.3 Å². The SMILES string of the molecule is CCOC(=O)Nc1ccc(C(=O)N2CCN(c3ccc(OC)cc3)CC2)cc1. The highest BCUT2D eigenvalue weighted by molar-refractivity contribution is 5.95. The molecule has 0 saturated carbocycles. The van der Waals surface area contributed by atoms with E-state index in [9.17, 15) is 9.59 Å². The summed E-state index contributed by atoms with van der Waals surface area (Å²) >= 11 is 0. The fourth-order valence-corrected chi connectivity index (χ4v) is 3.12. The summed E-state index contributed by atoms with van der Waals surface area (Å²) < 4.78 is 10.0. The lowest BCUT2D eigenvalue weighted by atomic mass is 10.1. The highest BCUT2D eigenvalue weighted by Gasteiger charge is 2.22. The van der Waals surface area contributed by atoms with Crippen molar-refractivity contribution in [2.24, 2.45) is 0 Å². The van der Waals surface area contributed by atoms with Crippen molar-refractivity contribution in [2.45, 2.75) is 6.92 Å². The van der Waals surface area contributed by atoms with E-state index in [2.05, 4.69) is 10.2 Å². The van der Waals surface area contributed by atoms with Gasteiger partial charge in [0.05, 0.1) is 13.7 Å². The van der Waals surface area contributed by atoms with E-state index in [0.29, 0.717) is 30.9 Å². The monoisotopic (exact) mass is 383 g/mol. The molecular formula is C21H25N3O4. The fraction of sp³-hybridized carbons (Fsp3) is 0.333. The molecule has 7 heteroatoms. The summed E-state index contributed by atoms with van der Waals surface area (Å²) in [4.78, 5) is 28.3. The molecule has 3 rings (SSSR count). The quantitative estimate of drug-likeness (QED) is 0.858. The van der Waals surface area contributed by atoms with Crippen LogP contribution in [0.15, 0.2) is 48.5 Å². The van der Waals surface area contributed by atoms with E-state index in [-0.39, 0.29) is 5.91 Å². The summed E-state index contributed by atoms with van der Waals surface area (Å²) in [5.41, 5.74) is 2.33. The Kier molecular flexibility index (Phi) is 6.37. The van der Waals surface area contributed by atoms with Crippen LogP contribution in [-0.4, -0.2) is 56.8 Å². The van der Waals surface area contributed by atoms with Gasteiger partial charge >= 0.3 is 6.09 Å². The summed E-state index contributed by atoms with van der Waals surface area (Å²) in [7, 11) is 1.65. The minimum Gasteiger partial charge on any atom is -0.497 e. The molecule has 0 atom stereocenters. The number of nitrogens with one attached hydrogen (secondary N) is 1. The number of hydrogen-bond donors (Lipinski definition) is 1. The Labute approximate surface area is 164 Å². The second-order valence-electron chi connectivity index (χ2n) is 6.40. The molecule has 2 aromatic carbocycles. The van der Waals surface area contributed by atoms with Crippen molar-refractivity contribution < 1.29 is 19.1 Å². The number of carbonyl (C=O) groups is 2. The molecule has 28 heavy (non-hydrogen) atoms. The van der Waals surface area contributed by atoms with E-state index < -0.39 is 6.09 Å². The average Bonchev–Trinajstić information content (AvgIpc) is 2.74. The molecule has 148 valence electrons. The van der Waals surface area contributed by atoms with Gasteiger partial charge in [-0.1, -0.05) is 0 Å². The van der Waals surface area contributed by atoms with Gasteiger partial charge in [-0.05, 0) is 55.5 Å². The number of carbonyl (C=O) groups excluding carboxylic acids is 2. The van der Waals surface area contributed by atoms with Gasteiger partial charge in [-0.25, -0.2) is 4.79 Å². The van der Waals surface area contributed by atoms with E-state index >= 15 is 0 Å². The summed E-state index contributed by atoms with van der Waals surface area (Å²) in [5, 5.41) is 2.62. The molecular weight excluding hydrogens is 358 g/mol. The zero-order chi connectivity index (χ0) is 19.9. The minimum absolute atomic E-state index is 0.00272. The molecule has 2 aromatic rings. The van der Waals surface area contributed by atoms with Gasteiger partial charge in [0.15, 0.2) is 0 Å². The van der Waals surface area contributed by atoms with Crippen LogP contribution in [0.5, 0.6) is 5.75 Å². The highest BCUT2D eigenvalue weighted by Crippen LogP contribution is 2.21. The Balaban J connectivity index is 1.55. The third-order valence-corrected chi connectivity index (χ3v) is 4.66. The molecule has 7 nitrogen and oxygen atoms in total. The first-order valence-corrected chi connectivity index (χ1v) is 9.33. The smallest absolute Gasteiger partial charge is 0.411 e. The summed E-state index contributed by atoms with van der Waals surface area (Å²) in [5.74, 6) is 0.829. The van der Waals surface area contributed by atoms with Crippen LogP contribution in [-0.2, 0) is 4.74 Å². The molecule has 0 aliphatic carbocycles. The second kappa shape index (κ2) is 9.12. The van der Waals surface area contributed by atoms with Gasteiger partial charge in [-0.3, -0.25) is 10.1 Å². The van der Waals surface area contributed by atoms with Crippen molar-refractivity contribution in [3.8, 4) is 5.75 Å². The molecule has 0 aromatic heterocycles. The Morgan fingerprint density at radius 1 is 0.964 bits per heavy atom. The average molecular weight is 383 g/mol. The van der Waals surface area contributed by atoms with Crippen LogP contribution in [0.3, 0.4) is 0 Å². The third-order valence-electron chi connectivity index (χ3n) is 4.66. The zero-order valence-corrected chi connectivity index (χ0v) is 16.2. The number of amides is 2.